The average molecular weight is 519 g/mol. The Hall–Kier alpha value is -4.84. The molecule has 0 bridgehead atoms. The second-order valence-corrected chi connectivity index (χ2v) is 9.53. The highest BCUT2D eigenvalue weighted by molar-refractivity contribution is 6.27. The fourth-order valence-electron chi connectivity index (χ4n) is 5.34. The zero-order valence-electron chi connectivity index (χ0n) is 22.0. The number of hydrogen-bond donors (Lipinski definition) is 0. The summed E-state index contributed by atoms with van der Waals surface area (Å²) in [5.74, 6) is 3.63. The van der Waals surface area contributed by atoms with E-state index in [0.717, 1.165) is 58.7 Å². The summed E-state index contributed by atoms with van der Waals surface area (Å²) in [5, 5.41) is 18.4. The van der Waals surface area contributed by atoms with E-state index >= 15 is 0 Å². The van der Waals surface area contributed by atoms with Crippen LogP contribution >= 0.6 is 0 Å². The number of nitriles is 1. The zero-order valence-corrected chi connectivity index (χ0v) is 22.0. The van der Waals surface area contributed by atoms with Crippen LogP contribution in [0.25, 0.3) is 22.9 Å². The molecule has 9 heteroatoms. The molecule has 1 unspecified atom stereocenters. The lowest BCUT2D eigenvalue weighted by atomic mass is 10.0. The van der Waals surface area contributed by atoms with Gasteiger partial charge in [0.1, 0.15) is 23.3 Å². The predicted molar refractivity (Wildman–Crippen MR) is 149 cm³/mol. The van der Waals surface area contributed by atoms with Crippen LogP contribution in [0.1, 0.15) is 56.4 Å². The van der Waals surface area contributed by atoms with Gasteiger partial charge in [0.25, 0.3) is 0 Å². The van der Waals surface area contributed by atoms with Gasteiger partial charge in [-0.15, -0.1) is 10.2 Å². The van der Waals surface area contributed by atoms with Crippen LogP contribution in [0.2, 0.25) is 0 Å². The molecular formula is C30H27FN8. The van der Waals surface area contributed by atoms with Gasteiger partial charge in [-0.25, -0.2) is 14.4 Å². The number of aromatic nitrogens is 5. The van der Waals surface area contributed by atoms with Crippen LogP contribution in [-0.4, -0.2) is 30.2 Å². The molecule has 4 aromatic rings. The summed E-state index contributed by atoms with van der Waals surface area (Å²) in [6.07, 6.45) is 8.09. The maximum absolute atomic E-state index is 13.7. The van der Waals surface area contributed by atoms with Gasteiger partial charge in [-0.05, 0) is 80.3 Å². The Bertz CT molecular complexity index is 1680. The van der Waals surface area contributed by atoms with Gasteiger partial charge in [-0.3, -0.25) is 9.13 Å². The predicted octanol–water partition coefficient (Wildman–Crippen LogP) is 6.35. The highest BCUT2D eigenvalue weighted by Crippen LogP contribution is 2.41. The van der Waals surface area contributed by atoms with Crippen molar-refractivity contribution in [2.75, 3.05) is 4.90 Å². The standard InChI is InChI=1S/C30H27FN8/c1-4-21-10-15-26-29(34-28(21)37-17-16-33-27(37)22-8-11-23(31)12-9-22)39(24-13-6-20(18-32)7-14-24)25(5-2)30-36-35-19(3)38(26)30/h6-9,11-17,25H,4-5,10H2,1-3H3. The summed E-state index contributed by atoms with van der Waals surface area (Å²) < 4.78 is 17.8. The van der Waals surface area contributed by atoms with Gasteiger partial charge in [0, 0.05) is 23.6 Å². The summed E-state index contributed by atoms with van der Waals surface area (Å²) in [6, 6.07) is 16.0. The number of hydrogen-bond acceptors (Lipinski definition) is 6. The van der Waals surface area contributed by atoms with E-state index in [1.54, 1.807) is 18.3 Å². The molecule has 2 aromatic carbocycles. The lowest BCUT2D eigenvalue weighted by Gasteiger charge is -2.39. The third-order valence-electron chi connectivity index (χ3n) is 7.29. The van der Waals surface area contributed by atoms with Crippen molar-refractivity contribution in [1.82, 2.24) is 24.3 Å². The SMILES string of the molecule is CCC1=C(n2ccnc2-c2ccc(F)cc2)N=C2C(=CC1)n1c(C)nnc1C(CC)N2c1ccc(C#N)cc1. The first kappa shape index (κ1) is 24.5. The smallest absolute Gasteiger partial charge is 0.160 e. The van der Waals surface area contributed by atoms with Crippen LogP contribution in [0.5, 0.6) is 0 Å². The number of allylic oxidation sites excluding steroid dienone is 2. The molecule has 4 heterocycles. The Morgan fingerprint density at radius 2 is 1.82 bits per heavy atom. The summed E-state index contributed by atoms with van der Waals surface area (Å²) in [4.78, 5) is 12.2. The summed E-state index contributed by atoms with van der Waals surface area (Å²) in [5.41, 5.74) is 4.38. The fourth-order valence-corrected chi connectivity index (χ4v) is 5.34. The number of amidine groups is 1. The minimum absolute atomic E-state index is 0.112. The van der Waals surface area contributed by atoms with Crippen molar-refractivity contribution in [3.8, 4) is 17.5 Å². The molecule has 0 N–H and O–H groups in total. The van der Waals surface area contributed by atoms with Gasteiger partial charge in [0.05, 0.1) is 23.4 Å². The molecular weight excluding hydrogens is 491 g/mol. The van der Waals surface area contributed by atoms with E-state index in [1.807, 2.05) is 42.0 Å². The molecule has 8 nitrogen and oxygen atoms in total. The molecule has 0 radical (unpaired) electrons. The van der Waals surface area contributed by atoms with Crippen molar-refractivity contribution >= 4 is 23.0 Å². The lowest BCUT2D eigenvalue weighted by molar-refractivity contribution is 0.613. The molecule has 2 aliphatic rings. The highest BCUT2D eigenvalue weighted by Gasteiger charge is 2.38. The minimum atomic E-state index is -0.292. The van der Waals surface area contributed by atoms with Crippen LogP contribution in [-0.2, 0) is 0 Å². The Morgan fingerprint density at radius 1 is 1.05 bits per heavy atom. The Morgan fingerprint density at radius 3 is 2.51 bits per heavy atom. The molecule has 0 fully saturated rings. The van der Waals surface area contributed by atoms with Crippen molar-refractivity contribution in [2.45, 2.75) is 46.1 Å². The Labute approximate surface area is 226 Å². The molecule has 1 atom stereocenters. The Balaban J connectivity index is 1.59. The molecule has 194 valence electrons. The zero-order chi connectivity index (χ0) is 27.1. The summed E-state index contributed by atoms with van der Waals surface area (Å²) in [6.45, 7) is 6.21. The average Bonchev–Trinajstić information content (AvgIpc) is 3.55. The number of fused-ring (bicyclic) bond motifs is 3. The number of imidazole rings is 1. The van der Waals surface area contributed by atoms with E-state index in [2.05, 4.69) is 50.6 Å². The molecule has 0 saturated carbocycles. The third-order valence-corrected chi connectivity index (χ3v) is 7.29. The quantitative estimate of drug-likeness (QED) is 0.307. The van der Waals surface area contributed by atoms with Gasteiger partial charge >= 0.3 is 0 Å². The molecule has 2 aromatic heterocycles. The second kappa shape index (κ2) is 9.80. The third kappa shape index (κ3) is 4.05. The van der Waals surface area contributed by atoms with Gasteiger partial charge in [0.2, 0.25) is 0 Å². The van der Waals surface area contributed by atoms with Crippen LogP contribution in [0, 0.1) is 24.1 Å². The fraction of sp³-hybridized carbons (Fsp3) is 0.233. The number of aliphatic imine (C=N–C) groups is 1. The molecule has 0 saturated heterocycles. The molecule has 0 amide bonds. The number of aryl methyl sites for hydroxylation is 1. The van der Waals surface area contributed by atoms with Gasteiger partial charge in [0.15, 0.2) is 11.7 Å². The van der Waals surface area contributed by atoms with Crippen molar-refractivity contribution in [1.29, 1.82) is 5.26 Å². The first-order chi connectivity index (χ1) is 19.0. The van der Waals surface area contributed by atoms with Crippen LogP contribution < -0.4 is 4.90 Å². The molecule has 2 aliphatic heterocycles. The Kier molecular flexibility index (Phi) is 6.15. The van der Waals surface area contributed by atoms with Gasteiger partial charge in [-0.1, -0.05) is 19.9 Å². The van der Waals surface area contributed by atoms with Crippen LogP contribution in [0.4, 0.5) is 10.1 Å². The van der Waals surface area contributed by atoms with Crippen molar-refractivity contribution in [3.63, 3.8) is 0 Å². The number of halogens is 1. The van der Waals surface area contributed by atoms with E-state index in [-0.39, 0.29) is 11.9 Å². The highest BCUT2D eigenvalue weighted by atomic mass is 19.1. The lowest BCUT2D eigenvalue weighted by Crippen LogP contribution is -2.42. The first-order valence-corrected chi connectivity index (χ1v) is 13.1. The minimum Gasteiger partial charge on any atom is -0.314 e. The maximum Gasteiger partial charge on any atom is 0.160 e. The number of rotatable bonds is 5. The number of benzene rings is 2. The summed E-state index contributed by atoms with van der Waals surface area (Å²) in [7, 11) is 0. The molecule has 39 heavy (non-hydrogen) atoms. The van der Waals surface area contributed by atoms with Crippen molar-refractivity contribution in [2.24, 2.45) is 4.99 Å². The monoisotopic (exact) mass is 518 g/mol. The van der Waals surface area contributed by atoms with Crippen LogP contribution in [0.3, 0.4) is 0 Å². The number of anilines is 1. The number of nitrogens with zero attached hydrogens (tertiary/aromatic N) is 8. The normalized spacial score (nSPS) is 16.7. The van der Waals surface area contributed by atoms with E-state index in [0.29, 0.717) is 17.8 Å². The van der Waals surface area contributed by atoms with Crippen molar-refractivity contribution in [3.05, 3.63) is 95.6 Å². The van der Waals surface area contributed by atoms with E-state index in [4.69, 9.17) is 4.99 Å². The molecule has 6 rings (SSSR count). The maximum atomic E-state index is 13.7. The van der Waals surface area contributed by atoms with E-state index < -0.39 is 0 Å². The second-order valence-electron chi connectivity index (χ2n) is 9.53. The molecule has 0 aliphatic carbocycles. The van der Waals surface area contributed by atoms with E-state index in [9.17, 15) is 9.65 Å². The largest absolute Gasteiger partial charge is 0.314 e. The summed E-state index contributed by atoms with van der Waals surface area (Å²) >= 11 is 0. The van der Waals surface area contributed by atoms with Crippen LogP contribution in [0.15, 0.2) is 77.6 Å². The van der Waals surface area contributed by atoms with Gasteiger partial charge < -0.3 is 4.90 Å². The van der Waals surface area contributed by atoms with Crippen molar-refractivity contribution < 1.29 is 4.39 Å². The molecule has 0 spiro atoms. The van der Waals surface area contributed by atoms with Gasteiger partial charge in [-0.2, -0.15) is 5.26 Å². The first-order valence-electron chi connectivity index (χ1n) is 13.1. The topological polar surface area (TPSA) is 87.9 Å². The van der Waals surface area contributed by atoms with E-state index in [1.165, 1.54) is 12.1 Å².